The van der Waals surface area contributed by atoms with E-state index < -0.39 is 11.4 Å². The number of aliphatic hydroxyl groups is 1. The number of hydrogen-bond donors (Lipinski definition) is 2. The first-order chi connectivity index (χ1) is 9.59. The van der Waals surface area contributed by atoms with E-state index in [-0.39, 0.29) is 6.61 Å². The molecule has 0 saturated carbocycles. The summed E-state index contributed by atoms with van der Waals surface area (Å²) < 4.78 is 18.2. The SMILES string of the molecule is COc1ccccc1NC(C)(CO)c1ccc(F)cn1. The van der Waals surface area contributed by atoms with Gasteiger partial charge in [0, 0.05) is 0 Å². The van der Waals surface area contributed by atoms with Crippen LogP contribution in [-0.2, 0) is 5.54 Å². The van der Waals surface area contributed by atoms with Gasteiger partial charge in [-0.1, -0.05) is 12.1 Å². The maximum absolute atomic E-state index is 13.0. The van der Waals surface area contributed by atoms with Gasteiger partial charge >= 0.3 is 0 Å². The predicted molar refractivity (Wildman–Crippen MR) is 75.2 cm³/mol. The van der Waals surface area contributed by atoms with Gasteiger partial charge < -0.3 is 15.2 Å². The van der Waals surface area contributed by atoms with E-state index in [0.29, 0.717) is 11.4 Å². The second-order valence-electron chi connectivity index (χ2n) is 4.68. The van der Waals surface area contributed by atoms with Gasteiger partial charge in [0.25, 0.3) is 0 Å². The fourth-order valence-electron chi connectivity index (χ4n) is 1.93. The van der Waals surface area contributed by atoms with Crippen LogP contribution in [0.4, 0.5) is 10.1 Å². The maximum atomic E-state index is 13.0. The van der Waals surface area contributed by atoms with Crippen molar-refractivity contribution < 1.29 is 14.2 Å². The van der Waals surface area contributed by atoms with Gasteiger partial charge in [0.1, 0.15) is 17.1 Å². The van der Waals surface area contributed by atoms with E-state index in [1.54, 1.807) is 20.1 Å². The van der Waals surface area contributed by atoms with Crippen molar-refractivity contribution in [3.8, 4) is 5.75 Å². The summed E-state index contributed by atoms with van der Waals surface area (Å²) in [6, 6.07) is 10.2. The minimum atomic E-state index is -0.831. The average Bonchev–Trinajstić information content (AvgIpc) is 2.48. The number of ether oxygens (including phenoxy) is 1. The van der Waals surface area contributed by atoms with Crippen LogP contribution in [0, 0.1) is 5.82 Å². The van der Waals surface area contributed by atoms with Crippen LogP contribution < -0.4 is 10.1 Å². The summed E-state index contributed by atoms with van der Waals surface area (Å²) in [4.78, 5) is 4.03. The lowest BCUT2D eigenvalue weighted by molar-refractivity contribution is 0.220. The van der Waals surface area contributed by atoms with Crippen molar-refractivity contribution in [3.63, 3.8) is 0 Å². The normalized spacial score (nSPS) is 13.6. The summed E-state index contributed by atoms with van der Waals surface area (Å²) in [5, 5.41) is 12.9. The van der Waals surface area contributed by atoms with Crippen LogP contribution in [0.1, 0.15) is 12.6 Å². The van der Waals surface area contributed by atoms with E-state index in [1.165, 1.54) is 6.07 Å². The summed E-state index contributed by atoms with van der Waals surface area (Å²) in [6.07, 6.45) is 1.13. The van der Waals surface area contributed by atoms with Gasteiger partial charge in [-0.15, -0.1) is 0 Å². The Kier molecular flexibility index (Phi) is 4.20. The minimum Gasteiger partial charge on any atom is -0.495 e. The highest BCUT2D eigenvalue weighted by atomic mass is 19.1. The molecule has 1 aromatic heterocycles. The Hall–Kier alpha value is -2.14. The van der Waals surface area contributed by atoms with Gasteiger partial charge in [-0.25, -0.2) is 4.39 Å². The lowest BCUT2D eigenvalue weighted by atomic mass is 9.97. The lowest BCUT2D eigenvalue weighted by Crippen LogP contribution is -2.36. The first-order valence-electron chi connectivity index (χ1n) is 6.23. The molecule has 5 heteroatoms. The van der Waals surface area contributed by atoms with Crippen LogP contribution in [0.2, 0.25) is 0 Å². The molecule has 2 N–H and O–H groups in total. The molecule has 0 aliphatic carbocycles. The Balaban J connectivity index is 2.34. The van der Waals surface area contributed by atoms with Crippen LogP contribution >= 0.6 is 0 Å². The zero-order valence-electron chi connectivity index (χ0n) is 11.4. The van der Waals surface area contributed by atoms with E-state index >= 15 is 0 Å². The molecule has 0 radical (unpaired) electrons. The summed E-state index contributed by atoms with van der Waals surface area (Å²) in [7, 11) is 1.58. The van der Waals surface area contributed by atoms with E-state index in [2.05, 4.69) is 10.3 Å². The van der Waals surface area contributed by atoms with E-state index in [9.17, 15) is 9.50 Å². The quantitative estimate of drug-likeness (QED) is 0.881. The number of nitrogens with one attached hydrogen (secondary N) is 1. The molecule has 0 saturated heterocycles. The number of hydrogen-bond acceptors (Lipinski definition) is 4. The zero-order chi connectivity index (χ0) is 14.6. The van der Waals surface area contributed by atoms with Crippen molar-refractivity contribution in [2.24, 2.45) is 0 Å². The topological polar surface area (TPSA) is 54.4 Å². The molecule has 1 aromatic carbocycles. The average molecular weight is 276 g/mol. The number of aromatic nitrogens is 1. The molecule has 0 spiro atoms. The Labute approximate surface area is 117 Å². The van der Waals surface area contributed by atoms with E-state index in [0.717, 1.165) is 11.9 Å². The van der Waals surface area contributed by atoms with Crippen molar-refractivity contribution in [3.05, 3.63) is 54.1 Å². The molecule has 0 aliphatic rings. The number of nitrogens with zero attached hydrogens (tertiary/aromatic N) is 1. The van der Waals surface area contributed by atoms with Crippen molar-refractivity contribution in [2.45, 2.75) is 12.5 Å². The molecule has 0 aliphatic heterocycles. The summed E-state index contributed by atoms with van der Waals surface area (Å²) in [5.74, 6) is 0.251. The number of benzene rings is 1. The molecule has 106 valence electrons. The Morgan fingerprint density at radius 2 is 2.05 bits per heavy atom. The molecule has 2 aromatic rings. The highest BCUT2D eigenvalue weighted by Gasteiger charge is 2.28. The Bertz CT molecular complexity index is 574. The van der Waals surface area contributed by atoms with Crippen molar-refractivity contribution in [2.75, 3.05) is 19.0 Å². The van der Waals surface area contributed by atoms with Crippen LogP contribution in [0.3, 0.4) is 0 Å². The Morgan fingerprint density at radius 1 is 1.30 bits per heavy atom. The molecule has 1 heterocycles. The van der Waals surface area contributed by atoms with E-state index in [4.69, 9.17) is 4.74 Å². The fraction of sp³-hybridized carbons (Fsp3) is 0.267. The third-order valence-electron chi connectivity index (χ3n) is 3.13. The van der Waals surface area contributed by atoms with Gasteiger partial charge in [0.15, 0.2) is 0 Å². The number of aliphatic hydroxyl groups excluding tert-OH is 1. The third-order valence-corrected chi connectivity index (χ3v) is 3.13. The monoisotopic (exact) mass is 276 g/mol. The lowest BCUT2D eigenvalue weighted by Gasteiger charge is -2.30. The summed E-state index contributed by atoms with van der Waals surface area (Å²) in [6.45, 7) is 1.60. The van der Waals surface area contributed by atoms with Crippen molar-refractivity contribution in [1.29, 1.82) is 0 Å². The van der Waals surface area contributed by atoms with Crippen molar-refractivity contribution >= 4 is 5.69 Å². The van der Waals surface area contributed by atoms with E-state index in [1.807, 2.05) is 24.3 Å². The molecule has 0 bridgehead atoms. The highest BCUT2D eigenvalue weighted by Crippen LogP contribution is 2.30. The standard InChI is InChI=1S/C15H17FN2O2/c1-15(10-19,14-8-7-11(16)9-17-14)18-12-5-3-4-6-13(12)20-2/h3-9,18-19H,10H2,1-2H3. The molecular weight excluding hydrogens is 259 g/mol. The van der Waals surface area contributed by atoms with Crippen LogP contribution in [0.25, 0.3) is 0 Å². The first kappa shape index (κ1) is 14.3. The Morgan fingerprint density at radius 3 is 2.65 bits per heavy atom. The molecular formula is C15H17FN2O2. The van der Waals surface area contributed by atoms with Gasteiger partial charge in [-0.3, -0.25) is 4.98 Å². The fourth-order valence-corrected chi connectivity index (χ4v) is 1.93. The number of rotatable bonds is 5. The predicted octanol–water partition coefficient (Wildman–Crippen LogP) is 2.55. The van der Waals surface area contributed by atoms with Crippen LogP contribution in [0.5, 0.6) is 5.75 Å². The largest absolute Gasteiger partial charge is 0.495 e. The number of halogens is 1. The van der Waals surface area contributed by atoms with Crippen LogP contribution in [0.15, 0.2) is 42.6 Å². The summed E-state index contributed by atoms with van der Waals surface area (Å²) in [5.41, 5.74) is 0.451. The van der Waals surface area contributed by atoms with Gasteiger partial charge in [-0.2, -0.15) is 0 Å². The smallest absolute Gasteiger partial charge is 0.141 e. The zero-order valence-corrected chi connectivity index (χ0v) is 11.4. The number of pyridine rings is 1. The number of methoxy groups -OCH3 is 1. The van der Waals surface area contributed by atoms with Crippen LogP contribution in [-0.4, -0.2) is 23.8 Å². The number of para-hydroxylation sites is 2. The van der Waals surface area contributed by atoms with Gasteiger partial charge in [0.05, 0.1) is 31.3 Å². The van der Waals surface area contributed by atoms with Gasteiger partial charge in [0.2, 0.25) is 0 Å². The molecule has 1 unspecified atom stereocenters. The number of anilines is 1. The second kappa shape index (κ2) is 5.88. The molecule has 0 amide bonds. The van der Waals surface area contributed by atoms with Gasteiger partial charge in [-0.05, 0) is 31.2 Å². The minimum absolute atomic E-state index is 0.191. The summed E-state index contributed by atoms with van der Waals surface area (Å²) >= 11 is 0. The molecule has 0 fully saturated rings. The molecule has 20 heavy (non-hydrogen) atoms. The second-order valence-corrected chi connectivity index (χ2v) is 4.68. The molecule has 1 atom stereocenters. The third kappa shape index (κ3) is 2.88. The molecule has 2 rings (SSSR count). The maximum Gasteiger partial charge on any atom is 0.141 e. The van der Waals surface area contributed by atoms with Crippen molar-refractivity contribution in [1.82, 2.24) is 4.98 Å². The highest BCUT2D eigenvalue weighted by molar-refractivity contribution is 5.58. The first-order valence-corrected chi connectivity index (χ1v) is 6.23. The molecule has 4 nitrogen and oxygen atoms in total.